The number of amides is 3. The Bertz CT molecular complexity index is 148. The molecule has 1 rings (SSSR count). The molecular weight excluding hydrogens is 120 g/mol. The zero-order valence-electron chi connectivity index (χ0n) is 5.26. The first kappa shape index (κ1) is 6.07. The second kappa shape index (κ2) is 1.72. The SMILES string of the molecule is C[C]1C(=O)NC(=O)N1C. The molecule has 49 valence electrons. The highest BCUT2D eigenvalue weighted by Gasteiger charge is 2.32. The summed E-state index contributed by atoms with van der Waals surface area (Å²) in [5, 5.41) is 2.13. The number of carbonyl (C=O) groups is 2. The Balaban J connectivity index is 2.77. The van der Waals surface area contributed by atoms with Gasteiger partial charge in [-0.1, -0.05) is 0 Å². The lowest BCUT2D eigenvalue weighted by atomic mass is 10.3. The van der Waals surface area contributed by atoms with Crippen LogP contribution < -0.4 is 5.32 Å². The quantitative estimate of drug-likeness (QED) is 0.455. The molecule has 1 N–H and O–H groups in total. The highest BCUT2D eigenvalue weighted by Crippen LogP contribution is 2.10. The van der Waals surface area contributed by atoms with Crippen LogP contribution in [0.1, 0.15) is 6.92 Å². The fourth-order valence-electron chi connectivity index (χ4n) is 0.576. The van der Waals surface area contributed by atoms with E-state index in [-0.39, 0.29) is 11.9 Å². The maximum absolute atomic E-state index is 10.6. The Morgan fingerprint density at radius 2 is 2.00 bits per heavy atom. The number of likely N-dealkylation sites (N-methyl/N-ethyl adjacent to an activating group) is 1. The van der Waals surface area contributed by atoms with E-state index >= 15 is 0 Å². The molecule has 0 atom stereocenters. The number of imide groups is 1. The van der Waals surface area contributed by atoms with Gasteiger partial charge in [-0.2, -0.15) is 0 Å². The Hall–Kier alpha value is -1.06. The van der Waals surface area contributed by atoms with Crippen molar-refractivity contribution in [2.75, 3.05) is 7.05 Å². The first-order valence-electron chi connectivity index (χ1n) is 2.55. The second-order valence-corrected chi connectivity index (χ2v) is 1.90. The summed E-state index contributed by atoms with van der Waals surface area (Å²) in [6, 6.07) is 0.0949. The van der Waals surface area contributed by atoms with Crippen LogP contribution in [0.25, 0.3) is 0 Å². The van der Waals surface area contributed by atoms with Crippen LogP contribution in [0, 0.1) is 6.04 Å². The lowest BCUT2D eigenvalue weighted by Gasteiger charge is -2.07. The number of carbonyl (C=O) groups excluding carboxylic acids is 2. The summed E-state index contributed by atoms with van der Waals surface area (Å²) < 4.78 is 0. The van der Waals surface area contributed by atoms with Crippen molar-refractivity contribution in [2.24, 2.45) is 0 Å². The summed E-state index contributed by atoms with van der Waals surface area (Å²) in [4.78, 5) is 22.4. The number of rotatable bonds is 0. The van der Waals surface area contributed by atoms with E-state index in [1.54, 1.807) is 14.0 Å². The van der Waals surface area contributed by atoms with Gasteiger partial charge in [0.25, 0.3) is 5.91 Å². The zero-order valence-corrected chi connectivity index (χ0v) is 5.26. The molecule has 9 heavy (non-hydrogen) atoms. The number of nitrogens with zero attached hydrogens (tertiary/aromatic N) is 1. The van der Waals surface area contributed by atoms with E-state index in [9.17, 15) is 9.59 Å². The maximum atomic E-state index is 10.6. The molecular formula is C5H7N2O2. The van der Waals surface area contributed by atoms with Crippen LogP contribution in [0.15, 0.2) is 0 Å². The number of hydrogen-bond donors (Lipinski definition) is 1. The maximum Gasteiger partial charge on any atom is 0.324 e. The normalized spacial score (nSPS) is 20.9. The van der Waals surface area contributed by atoms with Crippen molar-refractivity contribution in [1.29, 1.82) is 0 Å². The van der Waals surface area contributed by atoms with Gasteiger partial charge < -0.3 is 4.90 Å². The highest BCUT2D eigenvalue weighted by atomic mass is 16.2. The van der Waals surface area contributed by atoms with Crippen LogP contribution in [0.2, 0.25) is 0 Å². The highest BCUT2D eigenvalue weighted by molar-refractivity contribution is 6.08. The van der Waals surface area contributed by atoms with Crippen LogP contribution in [0.5, 0.6) is 0 Å². The summed E-state index contributed by atoms with van der Waals surface area (Å²) >= 11 is 0. The Kier molecular flexibility index (Phi) is 1.16. The molecule has 0 aromatic carbocycles. The lowest BCUT2D eigenvalue weighted by Crippen LogP contribution is -2.24. The Morgan fingerprint density at radius 3 is 2.11 bits per heavy atom. The van der Waals surface area contributed by atoms with Crippen molar-refractivity contribution in [3.05, 3.63) is 6.04 Å². The van der Waals surface area contributed by atoms with Crippen molar-refractivity contribution in [3.8, 4) is 0 Å². The van der Waals surface area contributed by atoms with Gasteiger partial charge in [0.1, 0.15) is 0 Å². The molecule has 1 saturated heterocycles. The molecule has 1 fully saturated rings. The summed E-state index contributed by atoms with van der Waals surface area (Å²) in [7, 11) is 1.55. The average molecular weight is 127 g/mol. The van der Waals surface area contributed by atoms with Crippen molar-refractivity contribution >= 4 is 11.9 Å². The van der Waals surface area contributed by atoms with E-state index in [4.69, 9.17) is 0 Å². The minimum atomic E-state index is -0.350. The van der Waals surface area contributed by atoms with Gasteiger partial charge in [-0.15, -0.1) is 0 Å². The zero-order chi connectivity index (χ0) is 7.02. The van der Waals surface area contributed by atoms with E-state index in [0.717, 1.165) is 0 Å². The van der Waals surface area contributed by atoms with Crippen LogP contribution in [0.3, 0.4) is 0 Å². The molecule has 1 aliphatic heterocycles. The Morgan fingerprint density at radius 1 is 1.44 bits per heavy atom. The Labute approximate surface area is 52.8 Å². The van der Waals surface area contributed by atoms with E-state index in [0.29, 0.717) is 6.04 Å². The molecule has 0 aromatic rings. The summed E-state index contributed by atoms with van der Waals surface area (Å²) in [6.45, 7) is 1.60. The van der Waals surface area contributed by atoms with Crippen LogP contribution in [-0.4, -0.2) is 23.9 Å². The predicted octanol–water partition coefficient (Wildman–Crippen LogP) is -0.280. The molecule has 0 aliphatic carbocycles. The minimum Gasteiger partial charge on any atom is -0.310 e. The van der Waals surface area contributed by atoms with E-state index in [1.165, 1.54) is 4.90 Å². The van der Waals surface area contributed by atoms with E-state index in [1.807, 2.05) is 0 Å². The van der Waals surface area contributed by atoms with Gasteiger partial charge in [0.15, 0.2) is 6.04 Å². The average Bonchev–Trinajstić information content (AvgIpc) is 1.98. The molecule has 4 heteroatoms. The molecule has 1 radical (unpaired) electrons. The number of nitrogens with one attached hydrogen (secondary N) is 1. The molecule has 0 unspecified atom stereocenters. The molecule has 0 aromatic heterocycles. The summed E-state index contributed by atoms with van der Waals surface area (Å²) in [5.41, 5.74) is 0. The van der Waals surface area contributed by atoms with Crippen LogP contribution >= 0.6 is 0 Å². The topological polar surface area (TPSA) is 49.4 Å². The molecule has 3 amide bonds. The van der Waals surface area contributed by atoms with Crippen molar-refractivity contribution < 1.29 is 9.59 Å². The third-order valence-corrected chi connectivity index (χ3v) is 1.36. The van der Waals surface area contributed by atoms with Crippen LogP contribution in [0.4, 0.5) is 4.79 Å². The van der Waals surface area contributed by atoms with Gasteiger partial charge in [0.05, 0.1) is 0 Å². The first-order valence-corrected chi connectivity index (χ1v) is 2.55. The van der Waals surface area contributed by atoms with Crippen molar-refractivity contribution in [3.63, 3.8) is 0 Å². The predicted molar refractivity (Wildman–Crippen MR) is 30.2 cm³/mol. The van der Waals surface area contributed by atoms with Crippen molar-refractivity contribution in [2.45, 2.75) is 6.92 Å². The molecule has 4 nitrogen and oxygen atoms in total. The van der Waals surface area contributed by atoms with Gasteiger partial charge in [0, 0.05) is 7.05 Å². The minimum absolute atomic E-state index is 0.303. The third kappa shape index (κ3) is 0.759. The van der Waals surface area contributed by atoms with Gasteiger partial charge in [0.2, 0.25) is 0 Å². The second-order valence-electron chi connectivity index (χ2n) is 1.90. The van der Waals surface area contributed by atoms with Gasteiger partial charge in [-0.05, 0) is 6.92 Å². The number of urea groups is 1. The van der Waals surface area contributed by atoms with Crippen LogP contribution in [-0.2, 0) is 4.79 Å². The number of hydrogen-bond acceptors (Lipinski definition) is 2. The lowest BCUT2D eigenvalue weighted by molar-refractivity contribution is -0.117. The molecule has 1 heterocycles. The van der Waals surface area contributed by atoms with Crippen molar-refractivity contribution in [1.82, 2.24) is 10.2 Å². The largest absolute Gasteiger partial charge is 0.324 e. The molecule has 0 bridgehead atoms. The standard InChI is InChI=1S/C5H7N2O2/c1-3-4(8)6-5(9)7(3)2/h1-2H3,(H,6,8,9). The molecule has 1 aliphatic rings. The fraction of sp³-hybridized carbons (Fsp3) is 0.400. The van der Waals surface area contributed by atoms with E-state index < -0.39 is 0 Å². The van der Waals surface area contributed by atoms with Gasteiger partial charge >= 0.3 is 6.03 Å². The molecule has 0 spiro atoms. The van der Waals surface area contributed by atoms with Gasteiger partial charge in [-0.25, -0.2) is 4.79 Å². The third-order valence-electron chi connectivity index (χ3n) is 1.36. The summed E-state index contributed by atoms with van der Waals surface area (Å²) in [5.74, 6) is -0.303. The molecule has 0 saturated carbocycles. The van der Waals surface area contributed by atoms with Gasteiger partial charge in [-0.3, -0.25) is 10.1 Å². The first-order chi connectivity index (χ1) is 4.13. The van der Waals surface area contributed by atoms with E-state index in [2.05, 4.69) is 5.32 Å². The smallest absolute Gasteiger partial charge is 0.310 e. The fourth-order valence-corrected chi connectivity index (χ4v) is 0.576. The monoisotopic (exact) mass is 127 g/mol. The summed E-state index contributed by atoms with van der Waals surface area (Å²) in [6.07, 6.45) is 0.